The molecule has 0 atom stereocenters. The molecule has 220 valence electrons. The molecule has 0 unspecified atom stereocenters. The lowest BCUT2D eigenvalue weighted by Crippen LogP contribution is -2.09. The minimum atomic E-state index is 0.851. The van der Waals surface area contributed by atoms with Crippen molar-refractivity contribution in [3.05, 3.63) is 164 Å². The van der Waals surface area contributed by atoms with Gasteiger partial charge in [-0.05, 0) is 81.9 Å². The summed E-state index contributed by atoms with van der Waals surface area (Å²) >= 11 is 0. The lowest BCUT2D eigenvalue weighted by molar-refractivity contribution is 0.669. The molecule has 0 radical (unpaired) electrons. The Morgan fingerprint density at radius 1 is 0.340 bits per heavy atom. The van der Waals surface area contributed by atoms with Gasteiger partial charge in [-0.2, -0.15) is 0 Å². The van der Waals surface area contributed by atoms with E-state index in [0.29, 0.717) is 0 Å². The van der Waals surface area contributed by atoms with Crippen molar-refractivity contribution >= 4 is 82.5 Å². The fraction of sp³-hybridized carbons (Fsp3) is 0. The summed E-state index contributed by atoms with van der Waals surface area (Å²) in [5, 5.41) is 9.21. The van der Waals surface area contributed by atoms with Crippen LogP contribution in [0.25, 0.3) is 76.5 Å². The molecule has 47 heavy (non-hydrogen) atoms. The standard InChI is InChI=1S/C44H27NO2/c1-2-12-31(13-3-1)45(32-20-22-36-35-15-8-9-17-41(35)46-42(36)25-32)33-21-23-37-40-27-39(30-19-18-28-10-4-5-11-29(28)24-30)34-14-6-7-16-38(34)44(40)47-43(37)26-33/h1-27H. The third-order valence-corrected chi connectivity index (χ3v) is 9.42. The van der Waals surface area contributed by atoms with E-state index >= 15 is 0 Å². The Hall–Kier alpha value is -6.32. The highest BCUT2D eigenvalue weighted by Crippen LogP contribution is 2.43. The van der Waals surface area contributed by atoms with Gasteiger partial charge in [-0.15, -0.1) is 0 Å². The first-order valence-corrected chi connectivity index (χ1v) is 15.9. The van der Waals surface area contributed by atoms with Gasteiger partial charge in [0.25, 0.3) is 0 Å². The minimum Gasteiger partial charge on any atom is -0.456 e. The second-order valence-corrected chi connectivity index (χ2v) is 12.1. The van der Waals surface area contributed by atoms with Crippen molar-refractivity contribution in [2.45, 2.75) is 0 Å². The summed E-state index contributed by atoms with van der Waals surface area (Å²) in [6.07, 6.45) is 0. The smallest absolute Gasteiger partial charge is 0.143 e. The summed E-state index contributed by atoms with van der Waals surface area (Å²) in [5.41, 5.74) is 9.00. The quantitative estimate of drug-likeness (QED) is 0.201. The van der Waals surface area contributed by atoms with E-state index in [0.717, 1.165) is 66.3 Å². The van der Waals surface area contributed by atoms with Gasteiger partial charge in [-0.3, -0.25) is 0 Å². The first kappa shape index (κ1) is 26.0. The number of benzene rings is 8. The van der Waals surface area contributed by atoms with Gasteiger partial charge in [0.1, 0.15) is 22.3 Å². The Balaban J connectivity index is 1.17. The summed E-state index contributed by atoms with van der Waals surface area (Å²) in [6.45, 7) is 0. The van der Waals surface area contributed by atoms with E-state index < -0.39 is 0 Å². The van der Waals surface area contributed by atoms with E-state index in [2.05, 4.69) is 150 Å². The van der Waals surface area contributed by atoms with Gasteiger partial charge in [0.2, 0.25) is 0 Å². The van der Waals surface area contributed by atoms with E-state index in [1.54, 1.807) is 0 Å². The Morgan fingerprint density at radius 2 is 0.957 bits per heavy atom. The predicted octanol–water partition coefficient (Wildman–Crippen LogP) is 12.9. The van der Waals surface area contributed by atoms with E-state index in [9.17, 15) is 0 Å². The molecule has 0 amide bonds. The molecule has 3 nitrogen and oxygen atoms in total. The molecule has 2 aromatic heterocycles. The first-order chi connectivity index (χ1) is 23.3. The second kappa shape index (κ2) is 10.1. The van der Waals surface area contributed by atoms with E-state index in [1.807, 2.05) is 18.2 Å². The molecular weight excluding hydrogens is 574 g/mol. The molecule has 3 heteroatoms. The molecule has 0 spiro atoms. The van der Waals surface area contributed by atoms with Gasteiger partial charge < -0.3 is 13.7 Å². The number of anilines is 3. The fourth-order valence-corrected chi connectivity index (χ4v) is 7.20. The number of furan rings is 2. The molecule has 0 aliphatic heterocycles. The normalized spacial score (nSPS) is 11.8. The van der Waals surface area contributed by atoms with Gasteiger partial charge in [0.05, 0.1) is 0 Å². The van der Waals surface area contributed by atoms with Gasteiger partial charge in [0.15, 0.2) is 0 Å². The molecule has 0 aliphatic carbocycles. The zero-order valence-corrected chi connectivity index (χ0v) is 25.4. The molecule has 0 saturated heterocycles. The number of nitrogens with zero attached hydrogens (tertiary/aromatic N) is 1. The molecule has 0 bridgehead atoms. The van der Waals surface area contributed by atoms with Gasteiger partial charge >= 0.3 is 0 Å². The highest BCUT2D eigenvalue weighted by atomic mass is 16.3. The Bertz CT molecular complexity index is 2810. The van der Waals surface area contributed by atoms with Crippen LogP contribution in [0.5, 0.6) is 0 Å². The molecule has 0 fully saturated rings. The van der Waals surface area contributed by atoms with Gasteiger partial charge in [0, 0.05) is 56.1 Å². The third kappa shape index (κ3) is 4.07. The molecular formula is C44H27NO2. The summed E-state index contributed by atoms with van der Waals surface area (Å²) in [4.78, 5) is 2.26. The van der Waals surface area contributed by atoms with Crippen LogP contribution in [0.3, 0.4) is 0 Å². The van der Waals surface area contributed by atoms with Crippen molar-refractivity contribution in [2.75, 3.05) is 4.90 Å². The average molecular weight is 602 g/mol. The lowest BCUT2D eigenvalue weighted by Gasteiger charge is -2.25. The van der Waals surface area contributed by atoms with Crippen molar-refractivity contribution in [3.8, 4) is 11.1 Å². The van der Waals surface area contributed by atoms with Crippen LogP contribution in [0.2, 0.25) is 0 Å². The lowest BCUT2D eigenvalue weighted by atomic mass is 9.94. The predicted molar refractivity (Wildman–Crippen MR) is 196 cm³/mol. The summed E-state index contributed by atoms with van der Waals surface area (Å²) in [7, 11) is 0. The molecule has 0 saturated carbocycles. The van der Waals surface area contributed by atoms with Crippen molar-refractivity contribution in [3.63, 3.8) is 0 Å². The molecule has 0 N–H and O–H groups in total. The van der Waals surface area contributed by atoms with Crippen LogP contribution in [-0.4, -0.2) is 0 Å². The maximum atomic E-state index is 6.75. The van der Waals surface area contributed by atoms with Crippen LogP contribution < -0.4 is 4.90 Å². The van der Waals surface area contributed by atoms with Crippen molar-refractivity contribution in [1.82, 2.24) is 0 Å². The number of hydrogen-bond acceptors (Lipinski definition) is 3. The number of hydrogen-bond donors (Lipinski definition) is 0. The fourth-order valence-electron chi connectivity index (χ4n) is 7.20. The third-order valence-electron chi connectivity index (χ3n) is 9.42. The number of fused-ring (bicyclic) bond motifs is 9. The SMILES string of the molecule is c1ccc(N(c2ccc3c(c2)oc2ccccc23)c2ccc3c(c2)oc2c4ccccc4c(-c4ccc5ccccc5c4)cc32)cc1. The van der Waals surface area contributed by atoms with Gasteiger partial charge in [-0.1, -0.05) is 97.1 Å². The highest BCUT2D eigenvalue weighted by Gasteiger charge is 2.19. The average Bonchev–Trinajstić information content (AvgIpc) is 3.69. The maximum absolute atomic E-state index is 6.75. The van der Waals surface area contributed by atoms with E-state index in [1.165, 1.54) is 27.3 Å². The van der Waals surface area contributed by atoms with Crippen molar-refractivity contribution in [1.29, 1.82) is 0 Å². The number of rotatable bonds is 4. The largest absolute Gasteiger partial charge is 0.456 e. The van der Waals surface area contributed by atoms with Crippen LogP contribution >= 0.6 is 0 Å². The highest BCUT2D eigenvalue weighted by molar-refractivity contribution is 6.19. The monoisotopic (exact) mass is 601 g/mol. The van der Waals surface area contributed by atoms with E-state index in [-0.39, 0.29) is 0 Å². The molecule has 8 aromatic carbocycles. The Kier molecular flexibility index (Phi) is 5.57. The second-order valence-electron chi connectivity index (χ2n) is 12.1. The van der Waals surface area contributed by atoms with Crippen LogP contribution in [0.1, 0.15) is 0 Å². The van der Waals surface area contributed by atoms with Crippen molar-refractivity contribution in [2.24, 2.45) is 0 Å². The van der Waals surface area contributed by atoms with Crippen LogP contribution in [0.4, 0.5) is 17.1 Å². The summed E-state index contributed by atoms with van der Waals surface area (Å²) < 4.78 is 13.0. The van der Waals surface area contributed by atoms with Crippen molar-refractivity contribution < 1.29 is 8.83 Å². The first-order valence-electron chi connectivity index (χ1n) is 15.9. The molecule has 2 heterocycles. The van der Waals surface area contributed by atoms with Crippen LogP contribution in [0, 0.1) is 0 Å². The summed E-state index contributed by atoms with van der Waals surface area (Å²) in [6, 6.07) is 57.8. The van der Waals surface area contributed by atoms with Crippen LogP contribution in [-0.2, 0) is 0 Å². The minimum absolute atomic E-state index is 0.851. The van der Waals surface area contributed by atoms with Gasteiger partial charge in [-0.25, -0.2) is 0 Å². The maximum Gasteiger partial charge on any atom is 0.143 e. The van der Waals surface area contributed by atoms with E-state index in [4.69, 9.17) is 8.83 Å². The molecule has 0 aliphatic rings. The topological polar surface area (TPSA) is 29.5 Å². The number of para-hydroxylation sites is 2. The zero-order valence-electron chi connectivity index (χ0n) is 25.4. The zero-order chi connectivity index (χ0) is 30.9. The molecule has 10 rings (SSSR count). The summed E-state index contributed by atoms with van der Waals surface area (Å²) in [5.74, 6) is 0. The Morgan fingerprint density at radius 3 is 1.77 bits per heavy atom. The van der Waals surface area contributed by atoms with Crippen LogP contribution in [0.15, 0.2) is 173 Å². The Labute approximate surface area is 270 Å². The molecule has 10 aromatic rings.